The zero-order valence-electron chi connectivity index (χ0n) is 14.4. The Kier molecular flexibility index (Phi) is 4.34. The average Bonchev–Trinajstić information content (AvgIpc) is 3.27. The quantitative estimate of drug-likeness (QED) is 0.663. The second-order valence-electron chi connectivity index (χ2n) is 5.83. The Hall–Kier alpha value is -2.87. The SMILES string of the molecule is CSc1ccc(C2=NN(C(C)=O)C(Cn3nnc4ccccc43)O2)cc1. The molecule has 8 heteroatoms. The van der Waals surface area contributed by atoms with Crippen LogP contribution in [0.3, 0.4) is 0 Å². The predicted molar refractivity (Wildman–Crippen MR) is 99.7 cm³/mol. The second kappa shape index (κ2) is 6.80. The number of rotatable bonds is 4. The lowest BCUT2D eigenvalue weighted by Crippen LogP contribution is -2.35. The van der Waals surface area contributed by atoms with Crippen LogP contribution in [0.2, 0.25) is 0 Å². The minimum absolute atomic E-state index is 0.185. The highest BCUT2D eigenvalue weighted by Gasteiger charge is 2.32. The lowest BCUT2D eigenvalue weighted by atomic mass is 10.2. The van der Waals surface area contributed by atoms with Gasteiger partial charge in [0.25, 0.3) is 0 Å². The van der Waals surface area contributed by atoms with Gasteiger partial charge in [0.05, 0.1) is 5.52 Å². The van der Waals surface area contributed by atoms with Crippen molar-refractivity contribution in [2.75, 3.05) is 6.26 Å². The maximum atomic E-state index is 12.0. The van der Waals surface area contributed by atoms with Gasteiger partial charge in [-0.15, -0.1) is 22.0 Å². The van der Waals surface area contributed by atoms with Crippen LogP contribution in [0.4, 0.5) is 0 Å². The molecule has 1 atom stereocenters. The summed E-state index contributed by atoms with van der Waals surface area (Å²) in [5.41, 5.74) is 2.52. The van der Waals surface area contributed by atoms with Gasteiger partial charge in [-0.2, -0.15) is 5.01 Å². The van der Waals surface area contributed by atoms with Crippen molar-refractivity contribution in [3.63, 3.8) is 0 Å². The summed E-state index contributed by atoms with van der Waals surface area (Å²) in [6.45, 7) is 1.81. The fraction of sp³-hybridized carbons (Fsp3) is 0.222. The van der Waals surface area contributed by atoms with Gasteiger partial charge in [-0.25, -0.2) is 4.68 Å². The monoisotopic (exact) mass is 367 g/mol. The Morgan fingerprint density at radius 1 is 1.19 bits per heavy atom. The molecule has 0 spiro atoms. The van der Waals surface area contributed by atoms with E-state index in [0.29, 0.717) is 12.4 Å². The van der Waals surface area contributed by atoms with Gasteiger partial charge in [0, 0.05) is 17.4 Å². The van der Waals surface area contributed by atoms with E-state index < -0.39 is 6.23 Å². The largest absolute Gasteiger partial charge is 0.448 e. The second-order valence-corrected chi connectivity index (χ2v) is 6.71. The Morgan fingerprint density at radius 3 is 2.69 bits per heavy atom. The van der Waals surface area contributed by atoms with Crippen LogP contribution >= 0.6 is 11.8 Å². The van der Waals surface area contributed by atoms with Gasteiger partial charge in [-0.1, -0.05) is 17.3 Å². The molecule has 2 heterocycles. The molecular weight excluding hydrogens is 350 g/mol. The number of carbonyl (C=O) groups excluding carboxylic acids is 1. The summed E-state index contributed by atoms with van der Waals surface area (Å²) in [4.78, 5) is 13.2. The Balaban J connectivity index is 1.59. The summed E-state index contributed by atoms with van der Waals surface area (Å²) in [5.74, 6) is 0.248. The number of hydrogen-bond acceptors (Lipinski definition) is 6. The van der Waals surface area contributed by atoms with Crippen LogP contribution in [0.5, 0.6) is 0 Å². The molecule has 0 fully saturated rings. The van der Waals surface area contributed by atoms with Crippen molar-refractivity contribution in [1.29, 1.82) is 0 Å². The molecule has 0 saturated carbocycles. The number of hydrazone groups is 1. The number of para-hydroxylation sites is 1. The minimum Gasteiger partial charge on any atom is -0.448 e. The number of fused-ring (bicyclic) bond motifs is 1. The summed E-state index contributed by atoms with van der Waals surface area (Å²) >= 11 is 1.67. The number of thioether (sulfide) groups is 1. The van der Waals surface area contributed by atoms with Gasteiger partial charge in [0.2, 0.25) is 18.0 Å². The molecule has 1 aliphatic rings. The third-order valence-corrected chi connectivity index (χ3v) is 4.87. The molecule has 1 amide bonds. The van der Waals surface area contributed by atoms with E-state index in [2.05, 4.69) is 15.4 Å². The topological polar surface area (TPSA) is 72.6 Å². The van der Waals surface area contributed by atoms with Crippen molar-refractivity contribution in [3.8, 4) is 0 Å². The minimum atomic E-state index is -0.562. The number of carbonyl (C=O) groups is 1. The average molecular weight is 367 g/mol. The summed E-state index contributed by atoms with van der Waals surface area (Å²) in [6, 6.07) is 15.6. The highest BCUT2D eigenvalue weighted by molar-refractivity contribution is 7.98. The van der Waals surface area contributed by atoms with Crippen molar-refractivity contribution in [3.05, 3.63) is 54.1 Å². The predicted octanol–water partition coefficient (Wildman–Crippen LogP) is 2.72. The zero-order chi connectivity index (χ0) is 18.1. The van der Waals surface area contributed by atoms with E-state index in [1.54, 1.807) is 16.4 Å². The number of ether oxygens (including phenoxy) is 1. The van der Waals surface area contributed by atoms with Crippen LogP contribution in [0.1, 0.15) is 12.5 Å². The fourth-order valence-electron chi connectivity index (χ4n) is 2.81. The number of nitrogens with zero attached hydrogens (tertiary/aromatic N) is 5. The Morgan fingerprint density at radius 2 is 1.96 bits per heavy atom. The Labute approximate surface area is 154 Å². The molecule has 3 aromatic rings. The van der Waals surface area contributed by atoms with Gasteiger partial charge in [0.1, 0.15) is 12.1 Å². The van der Waals surface area contributed by atoms with Crippen LogP contribution in [0.15, 0.2) is 58.5 Å². The first-order valence-corrected chi connectivity index (χ1v) is 9.36. The van der Waals surface area contributed by atoms with Gasteiger partial charge in [-0.3, -0.25) is 4.79 Å². The molecular formula is C18H17N5O2S. The van der Waals surface area contributed by atoms with E-state index in [1.807, 2.05) is 54.8 Å². The first-order chi connectivity index (χ1) is 12.7. The lowest BCUT2D eigenvalue weighted by molar-refractivity contribution is -0.135. The van der Waals surface area contributed by atoms with Crippen molar-refractivity contribution in [2.24, 2.45) is 5.10 Å². The molecule has 4 rings (SSSR count). The first kappa shape index (κ1) is 16.6. The van der Waals surface area contributed by atoms with Crippen molar-refractivity contribution in [1.82, 2.24) is 20.0 Å². The molecule has 0 aliphatic carbocycles. The molecule has 1 aliphatic heterocycles. The maximum absolute atomic E-state index is 12.0. The fourth-order valence-corrected chi connectivity index (χ4v) is 3.22. The molecule has 132 valence electrons. The van der Waals surface area contributed by atoms with Crippen molar-refractivity contribution < 1.29 is 9.53 Å². The summed E-state index contributed by atoms with van der Waals surface area (Å²) in [6.07, 6.45) is 1.46. The first-order valence-electron chi connectivity index (χ1n) is 8.13. The molecule has 26 heavy (non-hydrogen) atoms. The molecule has 0 N–H and O–H groups in total. The van der Waals surface area contributed by atoms with Gasteiger partial charge < -0.3 is 4.74 Å². The third-order valence-electron chi connectivity index (χ3n) is 4.13. The number of amides is 1. The summed E-state index contributed by atoms with van der Waals surface area (Å²) in [7, 11) is 0. The van der Waals surface area contributed by atoms with E-state index in [0.717, 1.165) is 21.5 Å². The Bertz CT molecular complexity index is 983. The molecule has 0 radical (unpaired) electrons. The number of aromatic nitrogens is 3. The highest BCUT2D eigenvalue weighted by atomic mass is 32.2. The normalized spacial score (nSPS) is 16.6. The molecule has 2 aromatic carbocycles. The smallest absolute Gasteiger partial charge is 0.243 e. The van der Waals surface area contributed by atoms with E-state index in [-0.39, 0.29) is 5.91 Å². The highest BCUT2D eigenvalue weighted by Crippen LogP contribution is 2.22. The molecule has 1 aromatic heterocycles. The van der Waals surface area contributed by atoms with Crippen LogP contribution in [0.25, 0.3) is 11.0 Å². The van der Waals surface area contributed by atoms with Crippen LogP contribution in [-0.4, -0.2) is 44.3 Å². The zero-order valence-corrected chi connectivity index (χ0v) is 15.2. The van der Waals surface area contributed by atoms with Gasteiger partial charge >= 0.3 is 0 Å². The standard InChI is InChI=1S/C18H17N5O2S/c1-12(24)23-17(11-22-16-6-4-3-5-15(16)19-21-22)25-18(20-23)13-7-9-14(26-2)10-8-13/h3-10,17H,11H2,1-2H3. The van der Waals surface area contributed by atoms with E-state index in [4.69, 9.17) is 4.74 Å². The summed E-state index contributed by atoms with van der Waals surface area (Å²) < 4.78 is 7.70. The maximum Gasteiger partial charge on any atom is 0.243 e. The van der Waals surface area contributed by atoms with Crippen molar-refractivity contribution >= 4 is 34.6 Å². The van der Waals surface area contributed by atoms with Crippen molar-refractivity contribution in [2.45, 2.75) is 24.6 Å². The van der Waals surface area contributed by atoms with Gasteiger partial charge in [0.15, 0.2) is 0 Å². The molecule has 0 bridgehead atoms. The van der Waals surface area contributed by atoms with E-state index >= 15 is 0 Å². The van der Waals surface area contributed by atoms with Crippen LogP contribution in [-0.2, 0) is 16.1 Å². The van der Waals surface area contributed by atoms with E-state index in [1.165, 1.54) is 11.9 Å². The molecule has 1 unspecified atom stereocenters. The van der Waals surface area contributed by atoms with Crippen LogP contribution in [0, 0.1) is 0 Å². The van der Waals surface area contributed by atoms with Crippen LogP contribution < -0.4 is 0 Å². The van der Waals surface area contributed by atoms with Gasteiger partial charge in [-0.05, 0) is 42.7 Å². The number of benzene rings is 2. The van der Waals surface area contributed by atoms with E-state index in [9.17, 15) is 4.79 Å². The third kappa shape index (κ3) is 3.03. The lowest BCUT2D eigenvalue weighted by Gasteiger charge is -2.18. The number of hydrogen-bond donors (Lipinski definition) is 0. The summed E-state index contributed by atoms with van der Waals surface area (Å²) in [5, 5.41) is 14.0. The molecule has 0 saturated heterocycles. The molecule has 7 nitrogen and oxygen atoms in total.